The molecule has 8 heteroatoms. The summed E-state index contributed by atoms with van der Waals surface area (Å²) in [5, 5.41) is 2.87. The molecular formula is C22H19N3O5. The third-order valence-electron chi connectivity index (χ3n) is 4.48. The zero-order valence-corrected chi connectivity index (χ0v) is 16.6. The van der Waals surface area contributed by atoms with Crippen LogP contribution in [-0.2, 0) is 0 Å². The molecule has 1 N–H and O–H groups in total. The van der Waals surface area contributed by atoms with E-state index in [4.69, 9.17) is 18.6 Å². The van der Waals surface area contributed by atoms with Gasteiger partial charge in [0.15, 0.2) is 22.7 Å². The van der Waals surface area contributed by atoms with E-state index >= 15 is 0 Å². The predicted molar refractivity (Wildman–Crippen MR) is 111 cm³/mol. The van der Waals surface area contributed by atoms with Crippen LogP contribution in [0.5, 0.6) is 17.2 Å². The lowest BCUT2D eigenvalue weighted by Gasteiger charge is -2.15. The van der Waals surface area contributed by atoms with Gasteiger partial charge in [0.05, 0.1) is 26.9 Å². The summed E-state index contributed by atoms with van der Waals surface area (Å²) >= 11 is 0. The average molecular weight is 405 g/mol. The van der Waals surface area contributed by atoms with Crippen LogP contribution in [0.25, 0.3) is 22.7 Å². The van der Waals surface area contributed by atoms with Gasteiger partial charge in [-0.05, 0) is 42.5 Å². The van der Waals surface area contributed by atoms with Gasteiger partial charge in [-0.2, -0.15) is 4.98 Å². The number of carbonyl (C=O) groups excluding carboxylic acids is 1. The fourth-order valence-electron chi connectivity index (χ4n) is 3.10. The number of hydrogen-bond acceptors (Lipinski definition) is 7. The van der Waals surface area contributed by atoms with Gasteiger partial charge in [0.2, 0.25) is 11.6 Å². The van der Waals surface area contributed by atoms with Gasteiger partial charge in [-0.15, -0.1) is 0 Å². The highest BCUT2D eigenvalue weighted by Gasteiger charge is 2.21. The molecule has 0 bridgehead atoms. The van der Waals surface area contributed by atoms with Crippen LogP contribution < -0.4 is 19.5 Å². The highest BCUT2D eigenvalue weighted by Crippen LogP contribution is 2.40. The molecule has 0 spiro atoms. The summed E-state index contributed by atoms with van der Waals surface area (Å²) in [7, 11) is 4.47. The Morgan fingerprint density at radius 1 is 0.967 bits per heavy atom. The van der Waals surface area contributed by atoms with Gasteiger partial charge in [-0.25, -0.2) is 4.98 Å². The topological polar surface area (TPSA) is 95.7 Å². The number of ether oxygens (including phenoxy) is 3. The van der Waals surface area contributed by atoms with E-state index in [0.717, 1.165) is 0 Å². The van der Waals surface area contributed by atoms with Gasteiger partial charge >= 0.3 is 0 Å². The molecular weight excluding hydrogens is 386 g/mol. The number of anilines is 1. The Balaban J connectivity index is 1.64. The van der Waals surface area contributed by atoms with Crippen molar-refractivity contribution in [3.8, 4) is 28.7 Å². The molecule has 8 nitrogen and oxygen atoms in total. The number of aromatic nitrogens is 2. The highest BCUT2D eigenvalue weighted by molar-refractivity contribution is 6.07. The maximum Gasteiger partial charge on any atom is 0.259 e. The minimum Gasteiger partial charge on any atom is -0.493 e. The minimum atomic E-state index is -0.357. The SMILES string of the molecule is COc1ccc(C(=O)Nc2cccc(-c3nc4ncccc4o3)c2)c(OC)c1OC. The number of carbonyl (C=O) groups is 1. The standard InChI is InChI=1S/C22H19N3O5/c1-27-16-10-9-15(18(28-2)19(16)29-3)21(26)24-14-7-4-6-13(12-14)22-25-20-17(30-22)8-5-11-23-20/h4-12H,1-3H3,(H,24,26). The third kappa shape index (κ3) is 3.50. The van der Waals surface area contributed by atoms with E-state index in [2.05, 4.69) is 15.3 Å². The van der Waals surface area contributed by atoms with Crippen molar-refractivity contribution in [2.75, 3.05) is 26.6 Å². The van der Waals surface area contributed by atoms with Crippen molar-refractivity contribution in [1.29, 1.82) is 0 Å². The first-order valence-corrected chi connectivity index (χ1v) is 9.07. The fourth-order valence-corrected chi connectivity index (χ4v) is 3.10. The molecule has 0 aliphatic heterocycles. The Morgan fingerprint density at radius 2 is 1.80 bits per heavy atom. The first-order chi connectivity index (χ1) is 14.6. The van der Waals surface area contributed by atoms with Crippen molar-refractivity contribution in [2.24, 2.45) is 0 Å². The summed E-state index contributed by atoms with van der Waals surface area (Å²) in [5.74, 6) is 1.17. The lowest BCUT2D eigenvalue weighted by molar-refractivity contribution is 0.102. The Hall–Kier alpha value is -4.07. The second-order valence-electron chi connectivity index (χ2n) is 6.26. The van der Waals surface area contributed by atoms with Crippen LogP contribution in [0.4, 0.5) is 5.69 Å². The second kappa shape index (κ2) is 8.12. The Bertz CT molecular complexity index is 1190. The quantitative estimate of drug-likeness (QED) is 0.514. The molecule has 2 aromatic carbocycles. The number of amides is 1. The molecule has 4 aromatic rings. The average Bonchev–Trinajstić information content (AvgIpc) is 3.22. The summed E-state index contributed by atoms with van der Waals surface area (Å²) in [6.45, 7) is 0. The smallest absolute Gasteiger partial charge is 0.259 e. The summed E-state index contributed by atoms with van der Waals surface area (Å²) in [6.07, 6.45) is 1.65. The van der Waals surface area contributed by atoms with Gasteiger partial charge in [-0.1, -0.05) is 6.07 Å². The van der Waals surface area contributed by atoms with Crippen molar-refractivity contribution in [1.82, 2.24) is 9.97 Å². The van der Waals surface area contributed by atoms with E-state index in [-0.39, 0.29) is 11.7 Å². The van der Waals surface area contributed by atoms with Crippen LogP contribution in [0.2, 0.25) is 0 Å². The molecule has 0 radical (unpaired) electrons. The lowest BCUT2D eigenvalue weighted by atomic mass is 10.1. The van der Waals surface area contributed by atoms with Crippen LogP contribution in [-0.4, -0.2) is 37.2 Å². The Kier molecular flexibility index (Phi) is 5.21. The number of nitrogens with one attached hydrogen (secondary N) is 1. The number of oxazole rings is 1. The third-order valence-corrected chi connectivity index (χ3v) is 4.48. The molecule has 2 heterocycles. The molecule has 4 rings (SSSR count). The van der Waals surface area contributed by atoms with Gasteiger partial charge in [0.1, 0.15) is 0 Å². The molecule has 0 saturated carbocycles. The number of methoxy groups -OCH3 is 3. The maximum absolute atomic E-state index is 12.9. The summed E-state index contributed by atoms with van der Waals surface area (Å²) in [5.41, 5.74) is 2.72. The van der Waals surface area contributed by atoms with Gasteiger partial charge in [-0.3, -0.25) is 4.79 Å². The molecule has 0 aliphatic rings. The molecule has 1 amide bonds. The zero-order chi connectivity index (χ0) is 21.1. The van der Waals surface area contributed by atoms with Crippen molar-refractivity contribution in [3.05, 3.63) is 60.3 Å². The van der Waals surface area contributed by atoms with Crippen LogP contribution in [0, 0.1) is 0 Å². The van der Waals surface area contributed by atoms with E-state index in [1.165, 1.54) is 21.3 Å². The molecule has 0 saturated heterocycles. The fraction of sp³-hybridized carbons (Fsp3) is 0.136. The largest absolute Gasteiger partial charge is 0.493 e. The van der Waals surface area contributed by atoms with E-state index in [1.807, 2.05) is 6.07 Å². The number of benzene rings is 2. The maximum atomic E-state index is 12.9. The molecule has 0 unspecified atom stereocenters. The van der Waals surface area contributed by atoms with Crippen molar-refractivity contribution in [3.63, 3.8) is 0 Å². The number of rotatable bonds is 6. The highest BCUT2D eigenvalue weighted by atomic mass is 16.5. The zero-order valence-electron chi connectivity index (χ0n) is 16.6. The van der Waals surface area contributed by atoms with E-state index in [9.17, 15) is 4.79 Å². The van der Waals surface area contributed by atoms with Crippen LogP contribution >= 0.6 is 0 Å². The van der Waals surface area contributed by atoms with E-state index in [1.54, 1.807) is 48.7 Å². The monoisotopic (exact) mass is 405 g/mol. The van der Waals surface area contributed by atoms with Gasteiger partial charge in [0, 0.05) is 17.4 Å². The number of hydrogen-bond donors (Lipinski definition) is 1. The van der Waals surface area contributed by atoms with Crippen molar-refractivity contribution in [2.45, 2.75) is 0 Å². The number of pyridine rings is 1. The number of nitrogens with zero attached hydrogens (tertiary/aromatic N) is 2. The van der Waals surface area contributed by atoms with Crippen molar-refractivity contribution >= 4 is 22.8 Å². The van der Waals surface area contributed by atoms with Crippen LogP contribution in [0.1, 0.15) is 10.4 Å². The summed E-state index contributed by atoms with van der Waals surface area (Å²) < 4.78 is 21.8. The molecule has 152 valence electrons. The summed E-state index contributed by atoms with van der Waals surface area (Å²) in [4.78, 5) is 21.5. The van der Waals surface area contributed by atoms with Crippen LogP contribution in [0.3, 0.4) is 0 Å². The first-order valence-electron chi connectivity index (χ1n) is 9.07. The van der Waals surface area contributed by atoms with Crippen LogP contribution in [0.15, 0.2) is 59.1 Å². The lowest BCUT2D eigenvalue weighted by Crippen LogP contribution is -2.14. The predicted octanol–water partition coefficient (Wildman–Crippen LogP) is 4.17. The van der Waals surface area contributed by atoms with E-state index < -0.39 is 0 Å². The van der Waals surface area contributed by atoms with E-state index in [0.29, 0.717) is 45.4 Å². The first kappa shape index (κ1) is 19.3. The van der Waals surface area contributed by atoms with Gasteiger partial charge < -0.3 is 23.9 Å². The number of fused-ring (bicyclic) bond motifs is 1. The second-order valence-corrected chi connectivity index (χ2v) is 6.26. The Labute approximate surface area is 172 Å². The molecule has 0 atom stereocenters. The molecule has 30 heavy (non-hydrogen) atoms. The normalized spacial score (nSPS) is 10.6. The molecule has 0 fully saturated rings. The van der Waals surface area contributed by atoms with Crippen molar-refractivity contribution < 1.29 is 23.4 Å². The molecule has 2 aromatic heterocycles. The molecule has 0 aliphatic carbocycles. The minimum absolute atomic E-state index is 0.288. The summed E-state index contributed by atoms with van der Waals surface area (Å²) in [6, 6.07) is 14.0. The van der Waals surface area contributed by atoms with Gasteiger partial charge in [0.25, 0.3) is 5.91 Å². The Morgan fingerprint density at radius 3 is 2.53 bits per heavy atom.